The van der Waals surface area contributed by atoms with E-state index in [1.54, 1.807) is 35.6 Å². The van der Waals surface area contributed by atoms with Gasteiger partial charge < -0.3 is 0 Å². The molecule has 1 fully saturated rings. The summed E-state index contributed by atoms with van der Waals surface area (Å²) in [7, 11) is 0. The zero-order valence-electron chi connectivity index (χ0n) is 12.0. The third-order valence-corrected chi connectivity index (χ3v) is 5.97. The van der Waals surface area contributed by atoms with Crippen molar-refractivity contribution in [1.82, 2.24) is 4.90 Å². The summed E-state index contributed by atoms with van der Waals surface area (Å²) in [5.74, 6) is -0.279. The first kappa shape index (κ1) is 16.6. The number of hydrogen-bond acceptors (Lipinski definition) is 4. The average Bonchev–Trinajstić information content (AvgIpc) is 3.02. The van der Waals surface area contributed by atoms with E-state index in [-0.39, 0.29) is 17.7 Å². The Morgan fingerprint density at radius 3 is 2.61 bits per heavy atom. The van der Waals surface area contributed by atoms with Gasteiger partial charge in [0.05, 0.1) is 21.5 Å². The molecule has 1 aromatic carbocycles. The van der Waals surface area contributed by atoms with Gasteiger partial charge in [-0.2, -0.15) is 0 Å². The lowest BCUT2D eigenvalue weighted by Gasteiger charge is -2.12. The Hall–Kier alpha value is -1.27. The highest BCUT2D eigenvalue weighted by atomic mass is 35.5. The number of hydrogen-bond donors (Lipinski definition) is 0. The van der Waals surface area contributed by atoms with Crippen LogP contribution in [0, 0.1) is 6.92 Å². The predicted octanol–water partition coefficient (Wildman–Crippen LogP) is 5.60. The van der Waals surface area contributed by atoms with Gasteiger partial charge in [0.1, 0.15) is 0 Å². The van der Waals surface area contributed by atoms with Crippen molar-refractivity contribution < 1.29 is 9.59 Å². The second kappa shape index (κ2) is 6.69. The maximum Gasteiger partial charge on any atom is 0.293 e. The van der Waals surface area contributed by atoms with E-state index in [4.69, 9.17) is 23.2 Å². The monoisotopic (exact) mass is 383 g/mol. The molecule has 7 heteroatoms. The quantitative estimate of drug-likeness (QED) is 0.647. The van der Waals surface area contributed by atoms with Crippen LogP contribution < -0.4 is 0 Å². The van der Waals surface area contributed by atoms with Gasteiger partial charge in [-0.1, -0.05) is 29.3 Å². The van der Waals surface area contributed by atoms with Gasteiger partial charge in [-0.3, -0.25) is 14.5 Å². The van der Waals surface area contributed by atoms with Crippen LogP contribution in [-0.4, -0.2) is 16.0 Å². The number of rotatable bonds is 3. The summed E-state index contributed by atoms with van der Waals surface area (Å²) in [5, 5.41) is 2.53. The van der Waals surface area contributed by atoms with E-state index in [9.17, 15) is 9.59 Å². The van der Waals surface area contributed by atoms with Crippen molar-refractivity contribution in [1.29, 1.82) is 0 Å². The second-order valence-corrected chi connectivity index (χ2v) is 7.74. The molecule has 2 amide bonds. The third-order valence-electron chi connectivity index (χ3n) is 3.36. The standard InChI is InChI=1S/C16H11Cl2NO2S2/c1-9-4-5-22-13(9)7-14-15(20)19(16(21)23-14)8-10-2-3-11(17)12(18)6-10/h2-7H,8H2,1H3. The first-order valence-electron chi connectivity index (χ1n) is 6.69. The molecule has 3 rings (SSSR count). The van der Waals surface area contributed by atoms with Gasteiger partial charge in [0.25, 0.3) is 11.1 Å². The van der Waals surface area contributed by atoms with Crippen LogP contribution in [0.2, 0.25) is 10.0 Å². The largest absolute Gasteiger partial charge is 0.293 e. The molecule has 0 unspecified atom stereocenters. The smallest absolute Gasteiger partial charge is 0.268 e. The molecule has 2 heterocycles. The fraction of sp³-hybridized carbons (Fsp3) is 0.125. The summed E-state index contributed by atoms with van der Waals surface area (Å²) in [4.78, 5) is 27.3. The molecule has 0 bridgehead atoms. The highest BCUT2D eigenvalue weighted by molar-refractivity contribution is 8.18. The lowest BCUT2D eigenvalue weighted by Crippen LogP contribution is -2.27. The van der Waals surface area contributed by atoms with Crippen LogP contribution in [-0.2, 0) is 11.3 Å². The highest BCUT2D eigenvalue weighted by Gasteiger charge is 2.35. The van der Waals surface area contributed by atoms with Crippen molar-refractivity contribution in [3.05, 3.63) is 60.6 Å². The lowest BCUT2D eigenvalue weighted by molar-refractivity contribution is -0.123. The summed E-state index contributed by atoms with van der Waals surface area (Å²) in [6, 6.07) is 7.06. The van der Waals surface area contributed by atoms with Gasteiger partial charge in [0.15, 0.2) is 0 Å². The molecule has 1 aliphatic heterocycles. The molecule has 0 saturated carbocycles. The highest BCUT2D eigenvalue weighted by Crippen LogP contribution is 2.35. The van der Waals surface area contributed by atoms with Crippen LogP contribution in [0.4, 0.5) is 4.79 Å². The Kier molecular flexibility index (Phi) is 4.82. The maximum atomic E-state index is 12.5. The van der Waals surface area contributed by atoms with Crippen molar-refractivity contribution >= 4 is 63.5 Å². The molecule has 0 spiro atoms. The minimum Gasteiger partial charge on any atom is -0.268 e. The number of nitrogens with zero attached hydrogens (tertiary/aromatic N) is 1. The Labute approximate surface area is 151 Å². The molecule has 1 saturated heterocycles. The van der Waals surface area contributed by atoms with Gasteiger partial charge in [0.2, 0.25) is 0 Å². The molecule has 0 atom stereocenters. The summed E-state index contributed by atoms with van der Waals surface area (Å²) in [6.45, 7) is 2.16. The normalized spacial score (nSPS) is 16.7. The van der Waals surface area contributed by atoms with Crippen molar-refractivity contribution in [2.75, 3.05) is 0 Å². The summed E-state index contributed by atoms with van der Waals surface area (Å²) in [6.07, 6.45) is 1.78. The SMILES string of the molecule is Cc1ccsc1C=C1SC(=O)N(Cc2ccc(Cl)c(Cl)c2)C1=O. The number of halogens is 2. The van der Waals surface area contributed by atoms with E-state index in [0.29, 0.717) is 15.0 Å². The van der Waals surface area contributed by atoms with Crippen molar-refractivity contribution in [2.24, 2.45) is 0 Å². The molecule has 23 heavy (non-hydrogen) atoms. The van der Waals surface area contributed by atoms with E-state index >= 15 is 0 Å². The first-order valence-corrected chi connectivity index (χ1v) is 9.14. The van der Waals surface area contributed by atoms with Gasteiger partial charge in [0, 0.05) is 4.88 Å². The molecule has 1 aliphatic rings. The summed E-state index contributed by atoms with van der Waals surface area (Å²) >= 11 is 14.4. The van der Waals surface area contributed by atoms with Gasteiger partial charge in [-0.05, 0) is 59.5 Å². The number of amides is 2. The molecular formula is C16H11Cl2NO2S2. The zero-order chi connectivity index (χ0) is 16.6. The van der Waals surface area contributed by atoms with E-state index in [0.717, 1.165) is 27.8 Å². The fourth-order valence-electron chi connectivity index (χ4n) is 2.11. The first-order chi connectivity index (χ1) is 11.0. The number of benzene rings is 1. The minimum atomic E-state index is -0.279. The maximum absolute atomic E-state index is 12.5. The molecular weight excluding hydrogens is 373 g/mol. The van der Waals surface area contributed by atoms with E-state index in [2.05, 4.69) is 0 Å². The summed E-state index contributed by atoms with van der Waals surface area (Å²) in [5.41, 5.74) is 1.85. The third kappa shape index (κ3) is 3.48. The molecule has 118 valence electrons. The van der Waals surface area contributed by atoms with Gasteiger partial charge in [-0.15, -0.1) is 11.3 Å². The zero-order valence-corrected chi connectivity index (χ0v) is 15.2. The van der Waals surface area contributed by atoms with Crippen molar-refractivity contribution in [3.8, 4) is 0 Å². The number of aryl methyl sites for hydroxylation is 1. The van der Waals surface area contributed by atoms with Crippen LogP contribution in [0.25, 0.3) is 6.08 Å². The number of thioether (sulfide) groups is 1. The van der Waals surface area contributed by atoms with Gasteiger partial charge >= 0.3 is 0 Å². The van der Waals surface area contributed by atoms with Crippen LogP contribution in [0.3, 0.4) is 0 Å². The average molecular weight is 384 g/mol. The molecule has 0 aliphatic carbocycles. The van der Waals surface area contributed by atoms with E-state index < -0.39 is 0 Å². The number of carbonyl (C=O) groups is 2. The molecule has 0 radical (unpaired) electrons. The van der Waals surface area contributed by atoms with Gasteiger partial charge in [-0.25, -0.2) is 0 Å². The van der Waals surface area contributed by atoms with Crippen LogP contribution in [0.15, 0.2) is 34.6 Å². The Morgan fingerprint density at radius 2 is 1.96 bits per heavy atom. The summed E-state index contributed by atoms with van der Waals surface area (Å²) < 4.78 is 0. The molecule has 2 aromatic rings. The van der Waals surface area contributed by atoms with Crippen LogP contribution >= 0.6 is 46.3 Å². The van der Waals surface area contributed by atoms with E-state index in [1.807, 2.05) is 18.4 Å². The topological polar surface area (TPSA) is 37.4 Å². The van der Waals surface area contributed by atoms with Crippen molar-refractivity contribution in [3.63, 3.8) is 0 Å². The van der Waals surface area contributed by atoms with Crippen LogP contribution in [0.5, 0.6) is 0 Å². The molecule has 0 N–H and O–H groups in total. The fourth-order valence-corrected chi connectivity index (χ4v) is 4.18. The minimum absolute atomic E-state index is 0.183. The lowest BCUT2D eigenvalue weighted by atomic mass is 10.2. The van der Waals surface area contributed by atoms with E-state index in [1.165, 1.54) is 4.90 Å². The Balaban J connectivity index is 1.83. The van der Waals surface area contributed by atoms with Crippen molar-refractivity contribution in [2.45, 2.75) is 13.5 Å². The van der Waals surface area contributed by atoms with Crippen LogP contribution in [0.1, 0.15) is 16.0 Å². The number of carbonyl (C=O) groups excluding carboxylic acids is 2. The Morgan fingerprint density at radius 1 is 1.17 bits per heavy atom. The number of imide groups is 1. The molecule has 1 aromatic heterocycles. The Bertz CT molecular complexity index is 829. The number of thiophene rings is 1. The molecule has 3 nitrogen and oxygen atoms in total. The predicted molar refractivity (Wildman–Crippen MR) is 97.0 cm³/mol. The second-order valence-electron chi connectivity index (χ2n) is 4.98.